The molecule has 4 heteroatoms. The molecule has 1 atom stereocenters. The summed E-state index contributed by atoms with van der Waals surface area (Å²) in [5.74, 6) is 1.44. The largest absolute Gasteiger partial charge is 0.464 e. The molecule has 1 unspecified atom stereocenters. The Kier molecular flexibility index (Phi) is 5.21. The Hall–Kier alpha value is -1.32. The lowest BCUT2D eigenvalue weighted by Crippen LogP contribution is -2.22. The van der Waals surface area contributed by atoms with Gasteiger partial charge >= 0.3 is 0 Å². The molecule has 1 heterocycles. The second kappa shape index (κ2) is 6.91. The van der Waals surface area contributed by atoms with Crippen molar-refractivity contribution in [1.29, 1.82) is 0 Å². The summed E-state index contributed by atoms with van der Waals surface area (Å²) in [4.78, 5) is 0. The van der Waals surface area contributed by atoms with Gasteiger partial charge in [0.05, 0.1) is 11.1 Å². The van der Waals surface area contributed by atoms with E-state index >= 15 is 0 Å². The monoisotopic (exact) mass is 295 g/mol. The van der Waals surface area contributed by atoms with E-state index in [1.165, 1.54) is 6.07 Å². The maximum Gasteiger partial charge on any atom is 0.142 e. The van der Waals surface area contributed by atoms with Crippen LogP contribution in [-0.4, -0.2) is 6.54 Å². The van der Waals surface area contributed by atoms with Crippen molar-refractivity contribution in [2.24, 2.45) is 0 Å². The number of nitrogens with one attached hydrogen (secondary N) is 1. The van der Waals surface area contributed by atoms with E-state index in [-0.39, 0.29) is 16.9 Å². The van der Waals surface area contributed by atoms with Crippen molar-refractivity contribution in [3.63, 3.8) is 0 Å². The average molecular weight is 296 g/mol. The molecule has 1 aromatic heterocycles. The average Bonchev–Trinajstić information content (AvgIpc) is 2.92. The van der Waals surface area contributed by atoms with Gasteiger partial charge in [0.15, 0.2) is 0 Å². The summed E-state index contributed by atoms with van der Waals surface area (Å²) < 4.78 is 19.3. The van der Waals surface area contributed by atoms with Crippen molar-refractivity contribution in [2.45, 2.75) is 32.7 Å². The Labute approximate surface area is 123 Å². The summed E-state index contributed by atoms with van der Waals surface area (Å²) in [6.07, 6.45) is 1.46. The maximum atomic E-state index is 13.5. The molecule has 1 aromatic carbocycles. The fraction of sp³-hybridized carbons (Fsp3) is 0.375. The zero-order valence-electron chi connectivity index (χ0n) is 11.7. The highest BCUT2D eigenvalue weighted by molar-refractivity contribution is 6.31. The van der Waals surface area contributed by atoms with Crippen molar-refractivity contribution < 1.29 is 8.81 Å². The van der Waals surface area contributed by atoms with Gasteiger partial charge in [-0.05, 0) is 36.7 Å². The number of benzene rings is 1. The minimum Gasteiger partial charge on any atom is -0.464 e. The topological polar surface area (TPSA) is 25.2 Å². The lowest BCUT2D eigenvalue weighted by atomic mass is 10.0. The molecule has 0 saturated carbocycles. The lowest BCUT2D eigenvalue weighted by Gasteiger charge is -2.16. The van der Waals surface area contributed by atoms with Gasteiger partial charge in [-0.2, -0.15) is 0 Å². The van der Waals surface area contributed by atoms with E-state index in [2.05, 4.69) is 5.32 Å². The fourth-order valence-electron chi connectivity index (χ4n) is 2.22. The molecule has 2 rings (SSSR count). The SMILES string of the molecule is CCNC(Cc1cccc(F)c1Cl)c1ccc(CC)o1. The summed E-state index contributed by atoms with van der Waals surface area (Å²) in [6.45, 7) is 4.89. The Balaban J connectivity index is 2.23. The van der Waals surface area contributed by atoms with Gasteiger partial charge in [-0.25, -0.2) is 4.39 Å². The van der Waals surface area contributed by atoms with Crippen LogP contribution in [0.4, 0.5) is 4.39 Å². The van der Waals surface area contributed by atoms with Gasteiger partial charge < -0.3 is 9.73 Å². The van der Waals surface area contributed by atoms with Crippen LogP contribution >= 0.6 is 11.6 Å². The van der Waals surface area contributed by atoms with E-state index < -0.39 is 0 Å². The zero-order chi connectivity index (χ0) is 14.5. The summed E-state index contributed by atoms with van der Waals surface area (Å²) in [5.41, 5.74) is 0.784. The Morgan fingerprint density at radius 2 is 2.05 bits per heavy atom. The minimum absolute atomic E-state index is 0.000370. The summed E-state index contributed by atoms with van der Waals surface area (Å²) in [6, 6.07) is 8.85. The molecule has 0 radical (unpaired) electrons. The highest BCUT2D eigenvalue weighted by atomic mass is 35.5. The van der Waals surface area contributed by atoms with E-state index in [1.807, 2.05) is 32.0 Å². The number of rotatable bonds is 6. The van der Waals surface area contributed by atoms with Crippen LogP contribution in [0.25, 0.3) is 0 Å². The van der Waals surface area contributed by atoms with E-state index in [9.17, 15) is 4.39 Å². The van der Waals surface area contributed by atoms with Crippen LogP contribution < -0.4 is 5.32 Å². The second-order valence-electron chi connectivity index (χ2n) is 4.68. The molecule has 1 N–H and O–H groups in total. The Morgan fingerprint density at radius 3 is 2.70 bits per heavy atom. The van der Waals surface area contributed by atoms with Crippen LogP contribution in [-0.2, 0) is 12.8 Å². The molecule has 0 saturated heterocycles. The predicted molar refractivity (Wildman–Crippen MR) is 79.6 cm³/mol. The molecule has 0 aliphatic rings. The molecule has 0 aliphatic heterocycles. The van der Waals surface area contributed by atoms with Crippen molar-refractivity contribution in [3.05, 3.63) is 58.3 Å². The molecular formula is C16H19ClFNO. The molecule has 0 amide bonds. The smallest absolute Gasteiger partial charge is 0.142 e. The summed E-state index contributed by atoms with van der Waals surface area (Å²) in [5, 5.41) is 3.55. The van der Waals surface area contributed by atoms with Crippen LogP contribution in [0.15, 0.2) is 34.7 Å². The van der Waals surface area contributed by atoms with Crippen molar-refractivity contribution in [1.82, 2.24) is 5.32 Å². The van der Waals surface area contributed by atoms with Gasteiger partial charge in [-0.1, -0.05) is 37.6 Å². The molecule has 20 heavy (non-hydrogen) atoms. The quantitative estimate of drug-likeness (QED) is 0.847. The summed E-state index contributed by atoms with van der Waals surface area (Å²) >= 11 is 6.02. The van der Waals surface area contributed by atoms with Crippen LogP contribution in [0.1, 0.15) is 37.0 Å². The molecule has 2 nitrogen and oxygen atoms in total. The number of aryl methyl sites for hydroxylation is 1. The first-order valence-electron chi connectivity index (χ1n) is 6.90. The molecule has 2 aromatic rings. The molecule has 0 aliphatic carbocycles. The van der Waals surface area contributed by atoms with E-state index in [0.29, 0.717) is 6.42 Å². The van der Waals surface area contributed by atoms with Crippen LogP contribution in [0, 0.1) is 5.82 Å². The Bertz CT molecular complexity index is 567. The third kappa shape index (κ3) is 3.41. The lowest BCUT2D eigenvalue weighted by molar-refractivity contribution is 0.396. The van der Waals surface area contributed by atoms with Gasteiger partial charge in [-0.3, -0.25) is 0 Å². The number of likely N-dealkylation sites (N-methyl/N-ethyl adjacent to an activating group) is 1. The van der Waals surface area contributed by atoms with E-state index in [0.717, 1.165) is 30.0 Å². The molecule has 0 spiro atoms. The van der Waals surface area contributed by atoms with Gasteiger partial charge in [0.25, 0.3) is 0 Å². The van der Waals surface area contributed by atoms with Gasteiger partial charge in [0.2, 0.25) is 0 Å². The predicted octanol–water partition coefficient (Wildman–Crippen LogP) is 4.53. The highest BCUT2D eigenvalue weighted by Crippen LogP contribution is 2.26. The van der Waals surface area contributed by atoms with Gasteiger partial charge in [0.1, 0.15) is 17.3 Å². The molecule has 108 valence electrons. The van der Waals surface area contributed by atoms with E-state index in [1.54, 1.807) is 6.07 Å². The number of hydrogen-bond donors (Lipinski definition) is 1. The third-order valence-corrected chi connectivity index (χ3v) is 3.70. The molecule has 0 bridgehead atoms. The first kappa shape index (κ1) is 15.1. The van der Waals surface area contributed by atoms with E-state index in [4.69, 9.17) is 16.0 Å². The normalized spacial score (nSPS) is 12.6. The minimum atomic E-state index is -0.381. The third-order valence-electron chi connectivity index (χ3n) is 3.28. The van der Waals surface area contributed by atoms with Crippen molar-refractivity contribution in [2.75, 3.05) is 6.54 Å². The number of furan rings is 1. The second-order valence-corrected chi connectivity index (χ2v) is 5.06. The Morgan fingerprint density at radius 1 is 1.25 bits per heavy atom. The van der Waals surface area contributed by atoms with Crippen LogP contribution in [0.3, 0.4) is 0 Å². The standard InChI is InChI=1S/C16H19ClFNO/c1-3-12-8-9-15(20-12)14(19-4-2)10-11-6-5-7-13(18)16(11)17/h5-9,14,19H,3-4,10H2,1-2H3. The fourth-order valence-corrected chi connectivity index (χ4v) is 2.42. The maximum absolute atomic E-state index is 13.5. The number of halogens is 2. The van der Waals surface area contributed by atoms with Crippen LogP contribution in [0.2, 0.25) is 5.02 Å². The van der Waals surface area contributed by atoms with Crippen molar-refractivity contribution in [3.8, 4) is 0 Å². The first-order chi connectivity index (χ1) is 9.65. The van der Waals surface area contributed by atoms with Crippen molar-refractivity contribution >= 4 is 11.6 Å². The van der Waals surface area contributed by atoms with Gasteiger partial charge in [0, 0.05) is 6.42 Å². The van der Waals surface area contributed by atoms with Crippen LogP contribution in [0.5, 0.6) is 0 Å². The molecular weight excluding hydrogens is 277 g/mol. The highest BCUT2D eigenvalue weighted by Gasteiger charge is 2.17. The first-order valence-corrected chi connectivity index (χ1v) is 7.28. The zero-order valence-corrected chi connectivity index (χ0v) is 12.5. The summed E-state index contributed by atoms with van der Waals surface area (Å²) in [7, 11) is 0. The number of hydrogen-bond acceptors (Lipinski definition) is 2. The van der Waals surface area contributed by atoms with Gasteiger partial charge in [-0.15, -0.1) is 0 Å². The molecule has 0 fully saturated rings.